The molecule has 1 aromatic rings. The molecule has 0 aliphatic rings. The van der Waals surface area contributed by atoms with Crippen LogP contribution in [0.25, 0.3) is 0 Å². The third kappa shape index (κ3) is 4.97. The van der Waals surface area contributed by atoms with Gasteiger partial charge in [-0.2, -0.15) is 0 Å². The Labute approximate surface area is 112 Å². The zero-order chi connectivity index (χ0) is 14.3. The van der Waals surface area contributed by atoms with Crippen molar-refractivity contribution in [3.63, 3.8) is 0 Å². The van der Waals surface area contributed by atoms with E-state index >= 15 is 0 Å². The van der Waals surface area contributed by atoms with Crippen LogP contribution in [0.1, 0.15) is 12.5 Å². The van der Waals surface area contributed by atoms with E-state index in [-0.39, 0.29) is 5.91 Å². The van der Waals surface area contributed by atoms with Gasteiger partial charge in [0.2, 0.25) is 5.91 Å². The number of carbonyl (C=O) groups excluding carboxylic acids is 2. The van der Waals surface area contributed by atoms with Gasteiger partial charge in [-0.15, -0.1) is 0 Å². The number of amides is 3. The van der Waals surface area contributed by atoms with Crippen LogP contribution in [0.4, 0.5) is 4.79 Å². The highest BCUT2D eigenvalue weighted by Gasteiger charge is 2.14. The van der Waals surface area contributed by atoms with E-state index < -0.39 is 12.1 Å². The number of ether oxygens (including phenoxy) is 1. The number of hydrogen-bond acceptors (Lipinski definition) is 4. The van der Waals surface area contributed by atoms with Gasteiger partial charge in [0.1, 0.15) is 5.75 Å². The predicted octanol–water partition coefficient (Wildman–Crippen LogP) is 0.629. The molecule has 1 aromatic carbocycles. The standard InChI is InChI=1S/C13H19N3O3/c1-9(12(17)16-13(18)14-2)15-8-10-5-4-6-11(7-10)19-3/h4-7,9,15H,8H2,1-3H3,(H2,14,16,17,18). The maximum Gasteiger partial charge on any atom is 0.321 e. The fraction of sp³-hybridized carbons (Fsp3) is 0.385. The van der Waals surface area contributed by atoms with Crippen molar-refractivity contribution in [3.05, 3.63) is 29.8 Å². The van der Waals surface area contributed by atoms with Gasteiger partial charge in [-0.1, -0.05) is 12.1 Å². The summed E-state index contributed by atoms with van der Waals surface area (Å²) >= 11 is 0. The first-order valence-corrected chi connectivity index (χ1v) is 5.95. The molecule has 0 saturated heterocycles. The van der Waals surface area contributed by atoms with Crippen molar-refractivity contribution >= 4 is 11.9 Å². The van der Waals surface area contributed by atoms with Crippen LogP contribution in [-0.2, 0) is 11.3 Å². The van der Waals surface area contributed by atoms with Crippen molar-refractivity contribution in [1.29, 1.82) is 0 Å². The molecule has 19 heavy (non-hydrogen) atoms. The molecule has 0 fully saturated rings. The molecular formula is C13H19N3O3. The van der Waals surface area contributed by atoms with Gasteiger partial charge in [0.05, 0.1) is 13.2 Å². The van der Waals surface area contributed by atoms with E-state index in [2.05, 4.69) is 16.0 Å². The maximum atomic E-state index is 11.6. The van der Waals surface area contributed by atoms with Crippen LogP contribution in [0.3, 0.4) is 0 Å². The largest absolute Gasteiger partial charge is 0.497 e. The zero-order valence-corrected chi connectivity index (χ0v) is 11.3. The molecule has 0 aromatic heterocycles. The highest BCUT2D eigenvalue weighted by Crippen LogP contribution is 2.12. The minimum atomic E-state index is -0.514. The topological polar surface area (TPSA) is 79.5 Å². The molecule has 6 heteroatoms. The van der Waals surface area contributed by atoms with Gasteiger partial charge in [-0.25, -0.2) is 4.79 Å². The van der Waals surface area contributed by atoms with E-state index in [0.717, 1.165) is 11.3 Å². The minimum absolute atomic E-state index is 0.373. The molecule has 6 nitrogen and oxygen atoms in total. The fourth-order valence-corrected chi connectivity index (χ4v) is 1.43. The minimum Gasteiger partial charge on any atom is -0.497 e. The Morgan fingerprint density at radius 1 is 1.37 bits per heavy atom. The second kappa shape index (κ2) is 7.38. The summed E-state index contributed by atoms with van der Waals surface area (Å²) in [5.74, 6) is 0.393. The van der Waals surface area contributed by atoms with Crippen molar-refractivity contribution in [2.75, 3.05) is 14.2 Å². The average molecular weight is 265 g/mol. The number of benzene rings is 1. The summed E-state index contributed by atoms with van der Waals surface area (Å²) in [6.07, 6.45) is 0. The lowest BCUT2D eigenvalue weighted by Crippen LogP contribution is -2.47. The summed E-state index contributed by atoms with van der Waals surface area (Å²) in [7, 11) is 3.06. The van der Waals surface area contributed by atoms with Crippen molar-refractivity contribution in [2.24, 2.45) is 0 Å². The van der Waals surface area contributed by atoms with Gasteiger partial charge in [-0.3, -0.25) is 10.1 Å². The number of carbonyl (C=O) groups is 2. The van der Waals surface area contributed by atoms with Crippen molar-refractivity contribution < 1.29 is 14.3 Å². The Bertz CT molecular complexity index is 449. The third-order valence-electron chi connectivity index (χ3n) is 2.60. The highest BCUT2D eigenvalue weighted by molar-refractivity contribution is 5.96. The van der Waals surface area contributed by atoms with Crippen molar-refractivity contribution in [1.82, 2.24) is 16.0 Å². The lowest BCUT2D eigenvalue weighted by atomic mass is 10.2. The summed E-state index contributed by atoms with van der Waals surface area (Å²) in [5.41, 5.74) is 0.999. The molecule has 0 spiro atoms. The number of hydrogen-bond donors (Lipinski definition) is 3. The molecule has 0 aliphatic carbocycles. The van der Waals surface area contributed by atoms with E-state index in [9.17, 15) is 9.59 Å². The van der Waals surface area contributed by atoms with E-state index in [1.165, 1.54) is 7.05 Å². The third-order valence-corrected chi connectivity index (χ3v) is 2.60. The Morgan fingerprint density at radius 2 is 2.11 bits per heavy atom. The van der Waals surface area contributed by atoms with E-state index in [4.69, 9.17) is 4.74 Å². The van der Waals surface area contributed by atoms with Crippen LogP contribution in [0.15, 0.2) is 24.3 Å². The van der Waals surface area contributed by atoms with E-state index in [1.54, 1.807) is 14.0 Å². The summed E-state index contributed by atoms with van der Waals surface area (Å²) in [6, 6.07) is 6.56. The predicted molar refractivity (Wildman–Crippen MR) is 71.9 cm³/mol. The fourth-order valence-electron chi connectivity index (χ4n) is 1.43. The summed E-state index contributed by atoms with van der Waals surface area (Å²) < 4.78 is 5.12. The molecule has 0 aliphatic heterocycles. The van der Waals surface area contributed by atoms with E-state index in [1.807, 2.05) is 24.3 Å². The van der Waals surface area contributed by atoms with Gasteiger partial charge in [-0.05, 0) is 24.6 Å². The smallest absolute Gasteiger partial charge is 0.321 e. The molecule has 104 valence electrons. The second-order valence-electron chi connectivity index (χ2n) is 4.02. The molecule has 1 rings (SSSR count). The first-order valence-electron chi connectivity index (χ1n) is 5.95. The molecule has 3 N–H and O–H groups in total. The molecule has 3 amide bonds. The van der Waals surface area contributed by atoms with Crippen molar-refractivity contribution in [3.8, 4) is 5.75 Å². The van der Waals surface area contributed by atoms with Crippen molar-refractivity contribution in [2.45, 2.75) is 19.5 Å². The Morgan fingerprint density at radius 3 is 2.74 bits per heavy atom. The summed E-state index contributed by atoms with van der Waals surface area (Å²) in [5, 5.41) is 7.57. The van der Waals surface area contributed by atoms with Gasteiger partial charge >= 0.3 is 6.03 Å². The first-order chi connectivity index (χ1) is 9.06. The van der Waals surface area contributed by atoms with Crippen LogP contribution in [0.2, 0.25) is 0 Å². The first kappa shape index (κ1) is 15.0. The monoisotopic (exact) mass is 265 g/mol. The molecule has 0 radical (unpaired) electrons. The van der Waals surface area contributed by atoms with Gasteiger partial charge in [0.15, 0.2) is 0 Å². The van der Waals surface area contributed by atoms with Crippen LogP contribution in [0, 0.1) is 0 Å². The summed E-state index contributed by atoms with van der Waals surface area (Å²) in [6.45, 7) is 2.21. The number of methoxy groups -OCH3 is 1. The number of urea groups is 1. The van der Waals surface area contributed by atoms with Crippen LogP contribution in [-0.4, -0.2) is 32.1 Å². The lowest BCUT2D eigenvalue weighted by Gasteiger charge is -2.13. The van der Waals surface area contributed by atoms with Crippen LogP contribution < -0.4 is 20.7 Å². The van der Waals surface area contributed by atoms with Crippen LogP contribution >= 0.6 is 0 Å². The molecule has 1 unspecified atom stereocenters. The van der Waals surface area contributed by atoms with Gasteiger partial charge in [0, 0.05) is 13.6 Å². The van der Waals surface area contributed by atoms with E-state index in [0.29, 0.717) is 6.54 Å². The zero-order valence-electron chi connectivity index (χ0n) is 11.3. The molecule has 0 saturated carbocycles. The maximum absolute atomic E-state index is 11.6. The molecule has 0 bridgehead atoms. The second-order valence-corrected chi connectivity index (χ2v) is 4.02. The number of imide groups is 1. The average Bonchev–Trinajstić information content (AvgIpc) is 2.44. The molecule has 1 atom stereocenters. The quantitative estimate of drug-likeness (QED) is 0.729. The Kier molecular flexibility index (Phi) is 5.81. The van der Waals surface area contributed by atoms with Gasteiger partial charge < -0.3 is 15.4 Å². The molecular weight excluding hydrogens is 246 g/mol. The number of rotatable bonds is 5. The Hall–Kier alpha value is -2.08. The van der Waals surface area contributed by atoms with Crippen LogP contribution in [0.5, 0.6) is 5.75 Å². The van der Waals surface area contributed by atoms with Gasteiger partial charge in [0.25, 0.3) is 0 Å². The molecule has 0 heterocycles. The highest BCUT2D eigenvalue weighted by atomic mass is 16.5. The number of nitrogens with one attached hydrogen (secondary N) is 3. The summed E-state index contributed by atoms with van der Waals surface area (Å²) in [4.78, 5) is 22.6. The SMILES string of the molecule is CNC(=O)NC(=O)C(C)NCc1cccc(OC)c1. The lowest BCUT2D eigenvalue weighted by molar-refractivity contribution is -0.121. The Balaban J connectivity index is 2.46. The normalized spacial score (nSPS) is 11.5.